The van der Waals surface area contributed by atoms with Gasteiger partial charge in [-0.25, -0.2) is 0 Å². The van der Waals surface area contributed by atoms with Gasteiger partial charge in [-0.05, 0) is 73.7 Å². The topological polar surface area (TPSA) is 44.4 Å². The van der Waals surface area contributed by atoms with Crippen molar-refractivity contribution in [3.8, 4) is 0 Å². The Balaban J connectivity index is 1.32. The number of anilines is 1. The fourth-order valence-electron chi connectivity index (χ4n) is 4.03. The molecule has 4 nitrogen and oxygen atoms in total. The Kier molecular flexibility index (Phi) is 5.21. The number of nitrogens with one attached hydrogen (secondary N) is 2. The standard InChI is InChI=1S/C22H27N3O/c26-22(20-7-6-18-8-11-23-12-9-19(18)14-20)24-15-17-10-13-25(16-17)21-4-2-1-3-5-21/h1-7,14,17,23H,8-13,15-16H2,(H,24,26). The number of hydrogen-bond acceptors (Lipinski definition) is 3. The van der Waals surface area contributed by atoms with Gasteiger partial charge in [-0.1, -0.05) is 24.3 Å². The molecule has 2 aliphatic heterocycles. The molecule has 1 unspecified atom stereocenters. The number of carbonyl (C=O) groups excluding carboxylic acids is 1. The van der Waals surface area contributed by atoms with Crippen LogP contribution in [0.2, 0.25) is 0 Å². The van der Waals surface area contributed by atoms with E-state index in [-0.39, 0.29) is 5.91 Å². The molecule has 26 heavy (non-hydrogen) atoms. The van der Waals surface area contributed by atoms with E-state index in [0.717, 1.165) is 57.5 Å². The highest BCUT2D eigenvalue weighted by molar-refractivity contribution is 5.94. The van der Waals surface area contributed by atoms with Crippen molar-refractivity contribution < 1.29 is 4.79 Å². The van der Waals surface area contributed by atoms with E-state index in [4.69, 9.17) is 0 Å². The Labute approximate surface area is 155 Å². The van der Waals surface area contributed by atoms with Crippen LogP contribution in [0.1, 0.15) is 27.9 Å². The highest BCUT2D eigenvalue weighted by Gasteiger charge is 2.23. The van der Waals surface area contributed by atoms with E-state index in [1.165, 1.54) is 16.8 Å². The van der Waals surface area contributed by atoms with Gasteiger partial charge in [0.25, 0.3) is 5.91 Å². The summed E-state index contributed by atoms with van der Waals surface area (Å²) in [7, 11) is 0. The molecule has 0 aliphatic carbocycles. The molecule has 1 saturated heterocycles. The minimum absolute atomic E-state index is 0.0585. The zero-order valence-corrected chi connectivity index (χ0v) is 15.2. The first-order chi connectivity index (χ1) is 12.8. The maximum atomic E-state index is 12.6. The van der Waals surface area contributed by atoms with E-state index < -0.39 is 0 Å². The molecule has 0 radical (unpaired) electrons. The molecule has 0 bridgehead atoms. The van der Waals surface area contributed by atoms with Gasteiger partial charge in [0, 0.05) is 30.9 Å². The van der Waals surface area contributed by atoms with Crippen molar-refractivity contribution in [1.29, 1.82) is 0 Å². The summed E-state index contributed by atoms with van der Waals surface area (Å²) in [5.41, 5.74) is 4.77. The van der Waals surface area contributed by atoms with Crippen LogP contribution in [0.4, 0.5) is 5.69 Å². The third kappa shape index (κ3) is 3.91. The number of rotatable bonds is 4. The largest absolute Gasteiger partial charge is 0.371 e. The predicted molar refractivity (Wildman–Crippen MR) is 106 cm³/mol. The smallest absolute Gasteiger partial charge is 0.251 e. The fraction of sp³-hybridized carbons (Fsp3) is 0.409. The first-order valence-electron chi connectivity index (χ1n) is 9.70. The Morgan fingerprint density at radius 2 is 1.88 bits per heavy atom. The highest BCUT2D eigenvalue weighted by atomic mass is 16.1. The molecule has 2 heterocycles. The van der Waals surface area contributed by atoms with Crippen molar-refractivity contribution in [2.75, 3.05) is 37.6 Å². The van der Waals surface area contributed by atoms with Gasteiger partial charge < -0.3 is 15.5 Å². The number of hydrogen-bond donors (Lipinski definition) is 2. The highest BCUT2D eigenvalue weighted by Crippen LogP contribution is 2.23. The zero-order valence-electron chi connectivity index (χ0n) is 15.2. The van der Waals surface area contributed by atoms with Gasteiger partial charge in [0.15, 0.2) is 0 Å². The molecule has 136 valence electrons. The molecule has 4 heteroatoms. The Hall–Kier alpha value is -2.33. The molecule has 0 saturated carbocycles. The maximum Gasteiger partial charge on any atom is 0.251 e. The van der Waals surface area contributed by atoms with Crippen LogP contribution >= 0.6 is 0 Å². The van der Waals surface area contributed by atoms with Gasteiger partial charge in [0.2, 0.25) is 0 Å². The molecule has 0 aromatic heterocycles. The van der Waals surface area contributed by atoms with Crippen LogP contribution in [0.3, 0.4) is 0 Å². The lowest BCUT2D eigenvalue weighted by atomic mass is 9.99. The number of fused-ring (bicyclic) bond motifs is 1. The normalized spacial score (nSPS) is 19.7. The van der Waals surface area contributed by atoms with Gasteiger partial charge in [-0.2, -0.15) is 0 Å². The van der Waals surface area contributed by atoms with Gasteiger partial charge >= 0.3 is 0 Å². The summed E-state index contributed by atoms with van der Waals surface area (Å²) in [5.74, 6) is 0.576. The Morgan fingerprint density at radius 3 is 2.73 bits per heavy atom. The van der Waals surface area contributed by atoms with Crippen molar-refractivity contribution in [3.63, 3.8) is 0 Å². The van der Waals surface area contributed by atoms with Gasteiger partial charge in [-0.15, -0.1) is 0 Å². The van der Waals surface area contributed by atoms with Crippen molar-refractivity contribution >= 4 is 11.6 Å². The molecule has 2 aliphatic rings. The number of para-hydroxylation sites is 1. The fourth-order valence-corrected chi connectivity index (χ4v) is 4.03. The summed E-state index contributed by atoms with van der Waals surface area (Å²) in [6.07, 6.45) is 3.19. The van der Waals surface area contributed by atoms with E-state index >= 15 is 0 Å². The van der Waals surface area contributed by atoms with Gasteiger partial charge in [-0.3, -0.25) is 4.79 Å². The summed E-state index contributed by atoms with van der Waals surface area (Å²) in [6, 6.07) is 16.7. The first-order valence-corrected chi connectivity index (χ1v) is 9.70. The SMILES string of the molecule is O=C(NCC1CCN(c2ccccc2)C1)c1ccc2c(c1)CCNCC2. The first kappa shape index (κ1) is 17.1. The lowest BCUT2D eigenvalue weighted by Crippen LogP contribution is -2.31. The summed E-state index contributed by atoms with van der Waals surface area (Å²) in [4.78, 5) is 15.0. The Bertz CT molecular complexity index is 759. The van der Waals surface area contributed by atoms with E-state index in [1.807, 2.05) is 12.1 Å². The van der Waals surface area contributed by atoms with E-state index in [2.05, 4.69) is 51.9 Å². The van der Waals surface area contributed by atoms with Crippen LogP contribution in [-0.4, -0.2) is 38.6 Å². The lowest BCUT2D eigenvalue weighted by Gasteiger charge is -2.18. The van der Waals surface area contributed by atoms with Crippen LogP contribution in [-0.2, 0) is 12.8 Å². The van der Waals surface area contributed by atoms with Crippen molar-refractivity contribution in [3.05, 3.63) is 65.2 Å². The van der Waals surface area contributed by atoms with Crippen LogP contribution < -0.4 is 15.5 Å². The van der Waals surface area contributed by atoms with E-state index in [0.29, 0.717) is 5.92 Å². The van der Waals surface area contributed by atoms with Crippen molar-refractivity contribution in [2.24, 2.45) is 5.92 Å². The second kappa shape index (κ2) is 7.92. The predicted octanol–water partition coefficient (Wildman–Crippen LogP) is 2.63. The summed E-state index contributed by atoms with van der Waals surface area (Å²) in [6.45, 7) is 4.85. The minimum Gasteiger partial charge on any atom is -0.371 e. The summed E-state index contributed by atoms with van der Waals surface area (Å²) >= 11 is 0. The number of benzene rings is 2. The monoisotopic (exact) mass is 349 g/mol. The molecule has 1 atom stereocenters. The minimum atomic E-state index is 0.0585. The molecule has 2 aromatic carbocycles. The summed E-state index contributed by atoms with van der Waals surface area (Å²) < 4.78 is 0. The second-order valence-corrected chi connectivity index (χ2v) is 7.38. The van der Waals surface area contributed by atoms with Crippen LogP contribution in [0.15, 0.2) is 48.5 Å². The van der Waals surface area contributed by atoms with Gasteiger partial charge in [0.1, 0.15) is 0 Å². The molecule has 2 N–H and O–H groups in total. The quantitative estimate of drug-likeness (QED) is 0.892. The van der Waals surface area contributed by atoms with Gasteiger partial charge in [0.05, 0.1) is 0 Å². The third-order valence-electron chi connectivity index (χ3n) is 5.57. The molecule has 1 fully saturated rings. The molecule has 1 amide bonds. The molecular formula is C22H27N3O. The average Bonchev–Trinajstić information content (AvgIpc) is 3.04. The molecule has 2 aromatic rings. The maximum absolute atomic E-state index is 12.6. The summed E-state index contributed by atoms with van der Waals surface area (Å²) in [5, 5.41) is 6.57. The Morgan fingerprint density at radius 1 is 1.08 bits per heavy atom. The molecule has 4 rings (SSSR count). The van der Waals surface area contributed by atoms with E-state index in [9.17, 15) is 4.79 Å². The zero-order chi connectivity index (χ0) is 17.8. The van der Waals surface area contributed by atoms with Crippen LogP contribution in [0.25, 0.3) is 0 Å². The number of amides is 1. The number of nitrogens with zero attached hydrogens (tertiary/aromatic N) is 1. The number of carbonyl (C=O) groups is 1. The molecule has 0 spiro atoms. The lowest BCUT2D eigenvalue weighted by molar-refractivity contribution is 0.0948. The molecular weight excluding hydrogens is 322 g/mol. The van der Waals surface area contributed by atoms with Crippen LogP contribution in [0, 0.1) is 5.92 Å². The average molecular weight is 349 g/mol. The van der Waals surface area contributed by atoms with E-state index in [1.54, 1.807) is 0 Å². The third-order valence-corrected chi connectivity index (χ3v) is 5.57. The van der Waals surface area contributed by atoms with Crippen molar-refractivity contribution in [1.82, 2.24) is 10.6 Å². The second-order valence-electron chi connectivity index (χ2n) is 7.38. The van der Waals surface area contributed by atoms with Crippen molar-refractivity contribution in [2.45, 2.75) is 19.3 Å². The van der Waals surface area contributed by atoms with Crippen LogP contribution in [0.5, 0.6) is 0 Å².